The fourth-order valence-electron chi connectivity index (χ4n) is 6.71. The zero-order chi connectivity index (χ0) is 33.9. The molecule has 0 bridgehead atoms. The molecule has 0 unspecified atom stereocenters. The predicted octanol–water partition coefficient (Wildman–Crippen LogP) is 4.69. The molecule has 11 heteroatoms. The fourth-order valence-corrected chi connectivity index (χ4v) is 8.26. The van der Waals surface area contributed by atoms with Gasteiger partial charge < -0.3 is 31.5 Å². The molecule has 47 heavy (non-hydrogen) atoms. The van der Waals surface area contributed by atoms with E-state index in [0.29, 0.717) is 44.0 Å². The first-order valence-corrected chi connectivity index (χ1v) is 19.3. The highest BCUT2D eigenvalue weighted by molar-refractivity contribution is 8.00. The third-order valence-corrected chi connectivity index (χ3v) is 11.1. The van der Waals surface area contributed by atoms with E-state index in [0.717, 1.165) is 82.8 Å². The van der Waals surface area contributed by atoms with Gasteiger partial charge in [0.1, 0.15) is 5.78 Å². The van der Waals surface area contributed by atoms with Gasteiger partial charge in [0.05, 0.1) is 24.3 Å². The number of rotatable bonds is 24. The van der Waals surface area contributed by atoms with Crippen molar-refractivity contribution in [1.29, 1.82) is 0 Å². The number of ketones is 1. The molecule has 3 rings (SSSR count). The van der Waals surface area contributed by atoms with Gasteiger partial charge in [-0.15, -0.1) is 0 Å². The summed E-state index contributed by atoms with van der Waals surface area (Å²) in [5, 5.41) is 32.9. The van der Waals surface area contributed by atoms with Crippen molar-refractivity contribution < 1.29 is 29.4 Å². The largest absolute Gasteiger partial charge is 0.392 e. The standard InChI is InChI=1S/C36H60N4O6S/c1-2-3-15-26(41)20-21-28-27(30(42)24-31(28)43)16-9-5-4-6-10-18-33(44)37-22-13-7-8-14-23-38-34(45)19-12-11-17-32-35-29(25-47-32)39-36(46)40-35/h5,9,20-21,26-30,32,35,41-42H,2-4,6-8,10-19,22-25H2,1H3,(H,37,44)(H,38,45)(H2,39,40,46)/b9-5-,21-20+/t26-,27+,28+,29+,30+,32+,35-/m0/s1. The Hall–Kier alpha value is -2.37. The Bertz CT molecular complexity index is 1040. The van der Waals surface area contributed by atoms with Crippen LogP contribution in [-0.4, -0.2) is 82.2 Å². The Morgan fingerprint density at radius 1 is 0.936 bits per heavy atom. The molecule has 2 heterocycles. The van der Waals surface area contributed by atoms with Crippen LogP contribution in [-0.2, 0) is 14.4 Å². The molecule has 266 valence electrons. The third-order valence-electron chi connectivity index (χ3n) is 9.56. The number of aliphatic hydroxyl groups excluding tert-OH is 2. The molecule has 2 aliphatic heterocycles. The molecule has 0 radical (unpaired) electrons. The number of urea groups is 1. The van der Waals surface area contributed by atoms with Crippen LogP contribution in [0.4, 0.5) is 4.79 Å². The van der Waals surface area contributed by atoms with Crippen LogP contribution in [0.5, 0.6) is 0 Å². The maximum absolute atomic E-state index is 12.4. The lowest BCUT2D eigenvalue weighted by Crippen LogP contribution is -2.36. The number of unbranched alkanes of at least 4 members (excludes halogenated alkanes) is 7. The van der Waals surface area contributed by atoms with Crippen molar-refractivity contribution in [2.45, 2.75) is 146 Å². The number of carbonyl (C=O) groups is 4. The van der Waals surface area contributed by atoms with Crippen molar-refractivity contribution in [3.8, 4) is 0 Å². The first-order valence-electron chi connectivity index (χ1n) is 18.2. The van der Waals surface area contributed by atoms with Gasteiger partial charge in [-0.1, -0.05) is 63.3 Å². The number of nitrogens with one attached hydrogen (secondary N) is 4. The summed E-state index contributed by atoms with van der Waals surface area (Å²) in [6.07, 6.45) is 20.3. The maximum Gasteiger partial charge on any atom is 0.315 e. The lowest BCUT2D eigenvalue weighted by molar-refractivity contribution is -0.122. The Morgan fingerprint density at radius 3 is 2.34 bits per heavy atom. The van der Waals surface area contributed by atoms with Gasteiger partial charge in [-0.3, -0.25) is 14.4 Å². The summed E-state index contributed by atoms with van der Waals surface area (Å²) < 4.78 is 0. The highest BCUT2D eigenvalue weighted by Crippen LogP contribution is 2.34. The van der Waals surface area contributed by atoms with Gasteiger partial charge in [-0.2, -0.15) is 11.8 Å². The van der Waals surface area contributed by atoms with Crippen molar-refractivity contribution in [1.82, 2.24) is 21.3 Å². The second kappa shape index (κ2) is 22.3. The second-order valence-corrected chi connectivity index (χ2v) is 14.7. The molecule has 1 saturated carbocycles. The Kier molecular flexibility index (Phi) is 18.5. The molecule has 6 N–H and O–H groups in total. The molecular weight excluding hydrogens is 616 g/mol. The molecule has 0 spiro atoms. The molecule has 7 atom stereocenters. The smallest absolute Gasteiger partial charge is 0.315 e. The van der Waals surface area contributed by atoms with Crippen LogP contribution in [0.15, 0.2) is 24.3 Å². The van der Waals surface area contributed by atoms with Gasteiger partial charge in [0.25, 0.3) is 0 Å². The minimum Gasteiger partial charge on any atom is -0.392 e. The number of amides is 4. The van der Waals surface area contributed by atoms with E-state index in [1.54, 1.807) is 12.2 Å². The SMILES string of the molecule is CCCC[C@H](O)/C=C/[C@H]1C(=O)C[C@@H](O)[C@@H]1C/C=C\CCCCC(=O)NCCCCCCNC(=O)CCCC[C@H]1SC[C@H]2NC(=O)N[C@@H]21. The van der Waals surface area contributed by atoms with E-state index >= 15 is 0 Å². The number of fused-ring (bicyclic) bond motifs is 1. The van der Waals surface area contributed by atoms with Gasteiger partial charge in [0.2, 0.25) is 11.8 Å². The van der Waals surface area contributed by atoms with Crippen LogP contribution in [0.3, 0.4) is 0 Å². The number of allylic oxidation sites excluding steroid dienone is 3. The molecule has 0 aromatic heterocycles. The lowest BCUT2D eigenvalue weighted by Gasteiger charge is -2.17. The first-order chi connectivity index (χ1) is 22.8. The van der Waals surface area contributed by atoms with Crippen LogP contribution in [0, 0.1) is 11.8 Å². The number of thioether (sulfide) groups is 1. The summed E-state index contributed by atoms with van der Waals surface area (Å²) in [6, 6.07) is 0.426. The number of Topliss-reactive ketones (excluding diaryl/α,β-unsaturated/α-hetero) is 1. The van der Waals surface area contributed by atoms with Gasteiger partial charge in [0.15, 0.2) is 0 Å². The summed E-state index contributed by atoms with van der Waals surface area (Å²) in [5.74, 6) is 0.717. The highest BCUT2D eigenvalue weighted by atomic mass is 32.2. The number of aliphatic hydroxyl groups is 2. The molecule has 10 nitrogen and oxygen atoms in total. The van der Waals surface area contributed by atoms with Gasteiger partial charge >= 0.3 is 6.03 Å². The van der Waals surface area contributed by atoms with Crippen LogP contribution in [0.25, 0.3) is 0 Å². The third kappa shape index (κ3) is 14.7. The summed E-state index contributed by atoms with van der Waals surface area (Å²) in [7, 11) is 0. The second-order valence-electron chi connectivity index (χ2n) is 13.5. The van der Waals surface area contributed by atoms with Crippen LogP contribution >= 0.6 is 11.8 Å². The molecule has 0 aromatic rings. The van der Waals surface area contributed by atoms with Gasteiger partial charge in [-0.05, 0) is 57.8 Å². The highest BCUT2D eigenvalue weighted by Gasteiger charge is 2.42. The van der Waals surface area contributed by atoms with Crippen LogP contribution < -0.4 is 21.3 Å². The normalized spacial score (nSPS) is 26.1. The molecule has 3 fully saturated rings. The fraction of sp³-hybridized carbons (Fsp3) is 0.778. The van der Waals surface area contributed by atoms with E-state index in [9.17, 15) is 29.4 Å². The van der Waals surface area contributed by atoms with E-state index in [-0.39, 0.29) is 54.0 Å². The zero-order valence-electron chi connectivity index (χ0n) is 28.4. The van der Waals surface area contributed by atoms with Crippen molar-refractivity contribution in [2.24, 2.45) is 11.8 Å². The molecule has 1 aliphatic carbocycles. The molecule has 2 saturated heterocycles. The number of carbonyl (C=O) groups excluding carboxylic acids is 4. The van der Waals surface area contributed by atoms with Crippen LogP contribution in [0.2, 0.25) is 0 Å². The van der Waals surface area contributed by atoms with Crippen molar-refractivity contribution in [3.05, 3.63) is 24.3 Å². The average Bonchev–Trinajstić information content (AvgIpc) is 3.68. The Labute approximate surface area is 286 Å². The lowest BCUT2D eigenvalue weighted by atomic mass is 9.90. The average molecular weight is 677 g/mol. The van der Waals surface area contributed by atoms with E-state index in [4.69, 9.17) is 0 Å². The van der Waals surface area contributed by atoms with Crippen LogP contribution in [0.1, 0.15) is 116 Å². The number of hydrogen-bond acceptors (Lipinski definition) is 7. The Morgan fingerprint density at radius 2 is 1.64 bits per heavy atom. The van der Waals surface area contributed by atoms with E-state index in [1.165, 1.54) is 0 Å². The zero-order valence-corrected chi connectivity index (χ0v) is 29.2. The Balaban J connectivity index is 1.10. The topological polar surface area (TPSA) is 157 Å². The van der Waals surface area contributed by atoms with Gasteiger partial charge in [-0.25, -0.2) is 4.79 Å². The molecule has 3 aliphatic rings. The van der Waals surface area contributed by atoms with Crippen molar-refractivity contribution >= 4 is 35.4 Å². The minimum atomic E-state index is -0.641. The molecular formula is C36H60N4O6S. The van der Waals surface area contributed by atoms with E-state index in [1.807, 2.05) is 17.8 Å². The maximum atomic E-state index is 12.4. The molecule has 0 aromatic carbocycles. The monoisotopic (exact) mass is 676 g/mol. The van der Waals surface area contributed by atoms with E-state index < -0.39 is 12.2 Å². The van der Waals surface area contributed by atoms with Gasteiger partial charge in [0, 0.05) is 55.2 Å². The first kappa shape index (κ1) is 39.1. The van der Waals surface area contributed by atoms with Crippen molar-refractivity contribution in [2.75, 3.05) is 18.8 Å². The molecule has 4 amide bonds. The van der Waals surface area contributed by atoms with Crippen molar-refractivity contribution in [3.63, 3.8) is 0 Å². The number of hydrogen-bond donors (Lipinski definition) is 6. The summed E-state index contributed by atoms with van der Waals surface area (Å²) in [5.41, 5.74) is 0. The quantitative estimate of drug-likeness (QED) is 0.0492. The summed E-state index contributed by atoms with van der Waals surface area (Å²) >= 11 is 1.91. The minimum absolute atomic E-state index is 0.0421. The summed E-state index contributed by atoms with van der Waals surface area (Å²) in [6.45, 7) is 3.45. The van der Waals surface area contributed by atoms with E-state index in [2.05, 4.69) is 34.3 Å². The summed E-state index contributed by atoms with van der Waals surface area (Å²) in [4.78, 5) is 48.1. The predicted molar refractivity (Wildman–Crippen MR) is 188 cm³/mol.